The Morgan fingerprint density at radius 1 is 0.889 bits per heavy atom. The molecule has 3 aromatic rings. The Morgan fingerprint density at radius 2 is 1.53 bits per heavy atom. The second kappa shape index (κ2) is 10.2. The van der Waals surface area contributed by atoms with Gasteiger partial charge in [0.2, 0.25) is 5.91 Å². The highest BCUT2D eigenvalue weighted by Crippen LogP contribution is 2.46. The van der Waals surface area contributed by atoms with Crippen LogP contribution in [0.5, 0.6) is 0 Å². The summed E-state index contributed by atoms with van der Waals surface area (Å²) in [6.45, 7) is 0.792. The number of nitrogens with one attached hydrogen (secondary N) is 1. The summed E-state index contributed by atoms with van der Waals surface area (Å²) in [5.41, 5.74) is 6.80. The third kappa shape index (κ3) is 4.50. The van der Waals surface area contributed by atoms with Crippen LogP contribution in [0.15, 0.2) is 72.8 Å². The summed E-state index contributed by atoms with van der Waals surface area (Å²) in [5.74, 6) is 2.21. The van der Waals surface area contributed by atoms with Gasteiger partial charge in [0.1, 0.15) is 12.6 Å². The molecular formula is C29H28N2O3S2. The fourth-order valence-electron chi connectivity index (χ4n) is 5.43. The summed E-state index contributed by atoms with van der Waals surface area (Å²) in [6.07, 6.45) is 1.01. The van der Waals surface area contributed by atoms with Gasteiger partial charge in [0.25, 0.3) is 0 Å². The Bertz CT molecular complexity index is 1230. The SMILES string of the molecule is O=C(Nc1ccc(C2SCCS2)cc1)[C@H]1CCCN1C(=O)OCC1c2ccccc2-c2ccccc21. The van der Waals surface area contributed by atoms with Crippen LogP contribution in [0.25, 0.3) is 11.1 Å². The fourth-order valence-corrected chi connectivity index (χ4v) is 8.29. The molecule has 2 amide bonds. The van der Waals surface area contributed by atoms with Crippen molar-refractivity contribution in [3.8, 4) is 11.1 Å². The standard InChI is InChI=1S/C29H28N2O3S2/c32-27(30-20-13-11-19(12-14-20)28-35-16-17-36-28)26-10-5-15-31(26)29(33)34-18-25-23-8-3-1-6-21(23)22-7-2-4-9-24(22)25/h1-4,6-9,11-14,25-26,28H,5,10,15-18H2,(H,30,32)/t26-/m1/s1. The molecule has 2 aliphatic heterocycles. The lowest BCUT2D eigenvalue weighted by molar-refractivity contribution is -0.120. The summed E-state index contributed by atoms with van der Waals surface area (Å²) in [5, 5.41) is 3.01. The lowest BCUT2D eigenvalue weighted by atomic mass is 9.98. The van der Waals surface area contributed by atoms with Gasteiger partial charge in [0, 0.05) is 29.7 Å². The molecule has 36 heavy (non-hydrogen) atoms. The topological polar surface area (TPSA) is 58.6 Å². The summed E-state index contributed by atoms with van der Waals surface area (Å²) in [7, 11) is 0. The molecule has 1 N–H and O–H groups in total. The van der Waals surface area contributed by atoms with E-state index in [1.807, 2.05) is 59.9 Å². The van der Waals surface area contributed by atoms with Crippen LogP contribution in [-0.2, 0) is 9.53 Å². The van der Waals surface area contributed by atoms with Crippen LogP contribution in [0.2, 0.25) is 0 Å². The third-order valence-corrected chi connectivity index (χ3v) is 10.3. The zero-order chi connectivity index (χ0) is 24.5. The number of amides is 2. The Hall–Kier alpha value is -2.90. The van der Waals surface area contributed by atoms with E-state index >= 15 is 0 Å². The average molecular weight is 517 g/mol. The Kier molecular flexibility index (Phi) is 6.67. The van der Waals surface area contributed by atoms with Gasteiger partial charge >= 0.3 is 6.09 Å². The molecule has 5 nitrogen and oxygen atoms in total. The largest absolute Gasteiger partial charge is 0.448 e. The second-order valence-electron chi connectivity index (χ2n) is 9.34. The van der Waals surface area contributed by atoms with E-state index < -0.39 is 12.1 Å². The van der Waals surface area contributed by atoms with Gasteiger partial charge in [-0.15, -0.1) is 23.5 Å². The van der Waals surface area contributed by atoms with Crippen LogP contribution in [-0.4, -0.2) is 47.6 Å². The molecule has 0 radical (unpaired) electrons. The number of anilines is 1. The number of rotatable bonds is 5. The molecule has 184 valence electrons. The van der Waals surface area contributed by atoms with Crippen molar-refractivity contribution in [2.75, 3.05) is 30.0 Å². The van der Waals surface area contributed by atoms with Crippen molar-refractivity contribution in [3.63, 3.8) is 0 Å². The Balaban J connectivity index is 1.10. The van der Waals surface area contributed by atoms with Gasteiger partial charge in [0.05, 0.1) is 4.58 Å². The molecule has 1 atom stereocenters. The van der Waals surface area contributed by atoms with Gasteiger partial charge in [-0.05, 0) is 52.8 Å². The summed E-state index contributed by atoms with van der Waals surface area (Å²) in [6, 6.07) is 24.2. The summed E-state index contributed by atoms with van der Waals surface area (Å²) < 4.78 is 6.31. The number of carbonyl (C=O) groups excluding carboxylic acids is 2. The van der Waals surface area contributed by atoms with E-state index in [4.69, 9.17) is 4.74 Å². The number of likely N-dealkylation sites (tertiary alicyclic amines) is 1. The van der Waals surface area contributed by atoms with Crippen LogP contribution in [0, 0.1) is 0 Å². The van der Waals surface area contributed by atoms with E-state index in [9.17, 15) is 9.59 Å². The molecule has 6 rings (SSSR count). The first-order chi connectivity index (χ1) is 17.7. The van der Waals surface area contributed by atoms with Gasteiger partial charge in [0.15, 0.2) is 0 Å². The molecule has 2 fully saturated rings. The molecule has 3 aromatic carbocycles. The van der Waals surface area contributed by atoms with Crippen LogP contribution >= 0.6 is 23.5 Å². The predicted molar refractivity (Wildman–Crippen MR) is 148 cm³/mol. The lowest BCUT2D eigenvalue weighted by Gasteiger charge is -2.24. The average Bonchev–Trinajstić information content (AvgIpc) is 3.68. The van der Waals surface area contributed by atoms with Crippen molar-refractivity contribution >= 4 is 41.2 Å². The number of fused-ring (bicyclic) bond motifs is 3. The van der Waals surface area contributed by atoms with E-state index in [-0.39, 0.29) is 18.4 Å². The third-order valence-electron chi connectivity index (χ3n) is 7.20. The van der Waals surface area contributed by atoms with Gasteiger partial charge in [-0.25, -0.2) is 4.79 Å². The van der Waals surface area contributed by atoms with Gasteiger partial charge < -0.3 is 10.1 Å². The van der Waals surface area contributed by atoms with Crippen LogP contribution in [0.1, 0.15) is 40.0 Å². The van der Waals surface area contributed by atoms with Gasteiger partial charge in [-0.3, -0.25) is 9.69 Å². The highest BCUT2D eigenvalue weighted by atomic mass is 32.2. The number of hydrogen-bond donors (Lipinski definition) is 1. The lowest BCUT2D eigenvalue weighted by Crippen LogP contribution is -2.43. The predicted octanol–water partition coefficient (Wildman–Crippen LogP) is 6.52. The van der Waals surface area contributed by atoms with Crippen LogP contribution in [0.3, 0.4) is 0 Å². The van der Waals surface area contributed by atoms with Crippen molar-refractivity contribution in [1.82, 2.24) is 4.90 Å². The first kappa shape index (κ1) is 23.5. The van der Waals surface area contributed by atoms with E-state index in [1.165, 1.54) is 39.3 Å². The molecule has 0 bridgehead atoms. The molecule has 0 saturated carbocycles. The molecule has 2 heterocycles. The minimum atomic E-state index is -0.513. The summed E-state index contributed by atoms with van der Waals surface area (Å²) >= 11 is 3.93. The minimum absolute atomic E-state index is 0.00550. The smallest absolute Gasteiger partial charge is 0.410 e. The number of carbonyl (C=O) groups is 2. The number of ether oxygens (including phenoxy) is 1. The number of hydrogen-bond acceptors (Lipinski definition) is 5. The van der Waals surface area contributed by atoms with Crippen LogP contribution in [0.4, 0.5) is 10.5 Å². The Morgan fingerprint density at radius 3 is 2.19 bits per heavy atom. The number of thioether (sulfide) groups is 2. The summed E-state index contributed by atoms with van der Waals surface area (Å²) in [4.78, 5) is 27.8. The van der Waals surface area contributed by atoms with E-state index in [0.717, 1.165) is 12.1 Å². The zero-order valence-electron chi connectivity index (χ0n) is 19.9. The Labute approximate surface area is 220 Å². The van der Waals surface area contributed by atoms with E-state index in [1.54, 1.807) is 4.90 Å². The second-order valence-corrected chi connectivity index (χ2v) is 12.1. The molecule has 1 aliphatic carbocycles. The van der Waals surface area contributed by atoms with E-state index in [0.29, 0.717) is 17.5 Å². The van der Waals surface area contributed by atoms with Crippen molar-refractivity contribution < 1.29 is 14.3 Å². The quantitative estimate of drug-likeness (QED) is 0.419. The van der Waals surface area contributed by atoms with Crippen LogP contribution < -0.4 is 5.32 Å². The maximum Gasteiger partial charge on any atom is 0.410 e. The van der Waals surface area contributed by atoms with Crippen molar-refractivity contribution in [1.29, 1.82) is 0 Å². The minimum Gasteiger partial charge on any atom is -0.448 e. The fraction of sp³-hybridized carbons (Fsp3) is 0.310. The normalized spacial score (nSPS) is 19.2. The highest BCUT2D eigenvalue weighted by molar-refractivity contribution is 8.19. The first-order valence-electron chi connectivity index (χ1n) is 12.4. The number of benzene rings is 3. The first-order valence-corrected chi connectivity index (χ1v) is 14.5. The van der Waals surface area contributed by atoms with Crippen molar-refractivity contribution in [2.45, 2.75) is 29.4 Å². The van der Waals surface area contributed by atoms with Crippen molar-refractivity contribution in [2.24, 2.45) is 0 Å². The molecule has 2 saturated heterocycles. The highest BCUT2D eigenvalue weighted by Gasteiger charge is 2.36. The maximum atomic E-state index is 13.1. The molecule has 3 aliphatic rings. The molecule has 0 unspecified atom stereocenters. The van der Waals surface area contributed by atoms with Gasteiger partial charge in [-0.2, -0.15) is 0 Å². The number of nitrogens with zero attached hydrogens (tertiary/aromatic N) is 1. The monoisotopic (exact) mass is 516 g/mol. The maximum absolute atomic E-state index is 13.1. The molecule has 7 heteroatoms. The molecule has 0 aromatic heterocycles. The molecule has 0 spiro atoms. The van der Waals surface area contributed by atoms with E-state index in [2.05, 4.69) is 41.7 Å². The molecular weight excluding hydrogens is 488 g/mol. The zero-order valence-corrected chi connectivity index (χ0v) is 21.5. The van der Waals surface area contributed by atoms with Crippen molar-refractivity contribution in [3.05, 3.63) is 89.5 Å². The van der Waals surface area contributed by atoms with Gasteiger partial charge in [-0.1, -0.05) is 60.7 Å².